The summed E-state index contributed by atoms with van der Waals surface area (Å²) in [6.45, 7) is 0. The maximum absolute atomic E-state index is 5.95. The van der Waals surface area contributed by atoms with Gasteiger partial charge in [0, 0.05) is 24.7 Å². The van der Waals surface area contributed by atoms with Crippen LogP contribution in [0.2, 0.25) is 0 Å². The monoisotopic (exact) mass is 214 g/mol. The minimum atomic E-state index is 0.444. The molecule has 0 amide bonds. The minimum Gasteiger partial charge on any atom is -0.490 e. The number of pyridine rings is 1. The molecule has 2 aliphatic carbocycles. The van der Waals surface area contributed by atoms with Crippen LogP contribution >= 0.6 is 0 Å². The van der Waals surface area contributed by atoms with Crippen molar-refractivity contribution in [1.82, 2.24) is 9.38 Å². The number of hydrogen-bond donors (Lipinski definition) is 0. The number of ether oxygens (including phenoxy) is 1. The Balaban J connectivity index is 1.53. The zero-order valence-corrected chi connectivity index (χ0v) is 9.10. The van der Waals surface area contributed by atoms with Crippen molar-refractivity contribution in [2.75, 3.05) is 0 Å². The van der Waals surface area contributed by atoms with Crippen molar-refractivity contribution in [2.24, 2.45) is 5.41 Å². The van der Waals surface area contributed by atoms with E-state index in [4.69, 9.17) is 4.74 Å². The predicted molar refractivity (Wildman–Crippen MR) is 60.5 cm³/mol. The molecule has 0 radical (unpaired) electrons. The average molecular weight is 214 g/mol. The Labute approximate surface area is 94.1 Å². The Morgan fingerprint density at radius 2 is 2.19 bits per heavy atom. The van der Waals surface area contributed by atoms with Crippen molar-refractivity contribution in [1.29, 1.82) is 0 Å². The van der Waals surface area contributed by atoms with Gasteiger partial charge < -0.3 is 9.14 Å². The van der Waals surface area contributed by atoms with E-state index in [9.17, 15) is 0 Å². The summed E-state index contributed by atoms with van der Waals surface area (Å²) in [6, 6.07) is 4.03. The van der Waals surface area contributed by atoms with Crippen LogP contribution in [0.15, 0.2) is 30.7 Å². The van der Waals surface area contributed by atoms with Crippen LogP contribution in [-0.4, -0.2) is 15.5 Å². The van der Waals surface area contributed by atoms with Crippen molar-refractivity contribution in [3.8, 4) is 5.75 Å². The average Bonchev–Trinajstić information content (AvgIpc) is 2.89. The van der Waals surface area contributed by atoms with E-state index in [1.165, 1.54) is 25.7 Å². The second-order valence-corrected chi connectivity index (χ2v) is 5.20. The van der Waals surface area contributed by atoms with E-state index in [0.717, 1.165) is 11.4 Å². The number of aromatic nitrogens is 2. The third kappa shape index (κ3) is 1.24. The summed E-state index contributed by atoms with van der Waals surface area (Å²) in [7, 11) is 0. The lowest BCUT2D eigenvalue weighted by atomic mass is 9.79. The molecule has 0 aliphatic heterocycles. The molecule has 1 spiro atoms. The lowest BCUT2D eigenvalue weighted by Gasteiger charge is -2.35. The highest BCUT2D eigenvalue weighted by Gasteiger charge is 2.54. The predicted octanol–water partition coefficient (Wildman–Crippen LogP) is 2.66. The van der Waals surface area contributed by atoms with E-state index in [0.29, 0.717) is 11.5 Å². The first-order valence-corrected chi connectivity index (χ1v) is 5.93. The van der Waals surface area contributed by atoms with Crippen LogP contribution < -0.4 is 4.74 Å². The maximum atomic E-state index is 5.95. The van der Waals surface area contributed by atoms with Gasteiger partial charge in [-0.3, -0.25) is 0 Å². The van der Waals surface area contributed by atoms with Gasteiger partial charge in [-0.15, -0.1) is 0 Å². The molecule has 0 aromatic carbocycles. The van der Waals surface area contributed by atoms with Crippen molar-refractivity contribution in [2.45, 2.75) is 31.8 Å². The first kappa shape index (κ1) is 8.62. The van der Waals surface area contributed by atoms with E-state index >= 15 is 0 Å². The summed E-state index contributed by atoms with van der Waals surface area (Å²) in [5.41, 5.74) is 1.67. The van der Waals surface area contributed by atoms with E-state index in [2.05, 4.69) is 4.98 Å². The molecule has 2 saturated carbocycles. The van der Waals surface area contributed by atoms with Crippen LogP contribution in [0.25, 0.3) is 5.65 Å². The van der Waals surface area contributed by atoms with Gasteiger partial charge >= 0.3 is 0 Å². The molecular formula is C13H14N2O. The normalized spacial score (nSPS) is 22.2. The first-order valence-electron chi connectivity index (χ1n) is 5.93. The number of imidazole rings is 1. The minimum absolute atomic E-state index is 0.444. The van der Waals surface area contributed by atoms with Gasteiger partial charge in [-0.2, -0.15) is 0 Å². The third-order valence-corrected chi connectivity index (χ3v) is 3.95. The van der Waals surface area contributed by atoms with Crippen molar-refractivity contribution in [3.05, 3.63) is 30.7 Å². The molecule has 82 valence electrons. The zero-order valence-electron chi connectivity index (χ0n) is 9.10. The summed E-state index contributed by atoms with van der Waals surface area (Å²) in [4.78, 5) is 4.25. The largest absolute Gasteiger partial charge is 0.490 e. The zero-order chi connectivity index (χ0) is 10.6. The highest BCUT2D eigenvalue weighted by Crippen LogP contribution is 2.61. The van der Waals surface area contributed by atoms with Crippen LogP contribution in [-0.2, 0) is 0 Å². The van der Waals surface area contributed by atoms with Gasteiger partial charge in [0.25, 0.3) is 0 Å². The summed E-state index contributed by atoms with van der Waals surface area (Å²) in [6.07, 6.45) is 11.6. The Morgan fingerprint density at radius 3 is 3.00 bits per heavy atom. The van der Waals surface area contributed by atoms with Crippen LogP contribution in [0.1, 0.15) is 25.7 Å². The highest BCUT2D eigenvalue weighted by atomic mass is 16.5. The maximum Gasteiger partial charge on any atom is 0.140 e. The number of rotatable bonds is 2. The van der Waals surface area contributed by atoms with E-state index in [1.54, 1.807) is 0 Å². The van der Waals surface area contributed by atoms with Crippen molar-refractivity contribution in [3.63, 3.8) is 0 Å². The van der Waals surface area contributed by atoms with Gasteiger partial charge in [0.05, 0.1) is 6.10 Å². The Hall–Kier alpha value is -1.51. The van der Waals surface area contributed by atoms with Gasteiger partial charge in [-0.25, -0.2) is 4.98 Å². The molecule has 2 fully saturated rings. The molecule has 0 bridgehead atoms. The summed E-state index contributed by atoms with van der Waals surface area (Å²) < 4.78 is 7.95. The summed E-state index contributed by atoms with van der Waals surface area (Å²) >= 11 is 0. The second-order valence-electron chi connectivity index (χ2n) is 5.20. The Kier molecular flexibility index (Phi) is 1.50. The summed E-state index contributed by atoms with van der Waals surface area (Å²) in [5.74, 6) is 0.958. The van der Waals surface area contributed by atoms with Gasteiger partial charge in [0.2, 0.25) is 0 Å². The van der Waals surface area contributed by atoms with Crippen molar-refractivity contribution < 1.29 is 4.74 Å². The number of hydrogen-bond acceptors (Lipinski definition) is 2. The second kappa shape index (κ2) is 2.78. The smallest absolute Gasteiger partial charge is 0.140 e. The topological polar surface area (TPSA) is 26.5 Å². The first-order chi connectivity index (χ1) is 7.83. The molecule has 3 heteroatoms. The van der Waals surface area contributed by atoms with Crippen LogP contribution in [0.4, 0.5) is 0 Å². The Morgan fingerprint density at radius 1 is 1.31 bits per heavy atom. The molecule has 2 aromatic rings. The van der Waals surface area contributed by atoms with Crippen LogP contribution in [0, 0.1) is 5.41 Å². The van der Waals surface area contributed by atoms with E-state index in [-0.39, 0.29) is 0 Å². The van der Waals surface area contributed by atoms with Crippen LogP contribution in [0.5, 0.6) is 5.75 Å². The quantitative estimate of drug-likeness (QED) is 0.768. The molecule has 0 unspecified atom stereocenters. The molecule has 0 saturated heterocycles. The fourth-order valence-corrected chi connectivity index (χ4v) is 2.73. The number of nitrogens with zero attached hydrogens (tertiary/aromatic N) is 2. The van der Waals surface area contributed by atoms with Crippen molar-refractivity contribution >= 4 is 5.65 Å². The molecule has 4 rings (SSSR count). The van der Waals surface area contributed by atoms with E-state index in [1.807, 2.05) is 35.1 Å². The van der Waals surface area contributed by atoms with Gasteiger partial charge in [0.1, 0.15) is 11.4 Å². The van der Waals surface area contributed by atoms with Gasteiger partial charge in [-0.05, 0) is 37.2 Å². The lowest BCUT2D eigenvalue weighted by Crippen LogP contribution is -2.35. The Bertz CT molecular complexity index is 534. The summed E-state index contributed by atoms with van der Waals surface area (Å²) in [5, 5.41) is 0. The molecule has 0 atom stereocenters. The standard InChI is InChI=1S/C13H14N2O/c1-5-15-6-4-14-12(15)7-10(1)16-11-8-13(9-11)2-3-13/h1,4-7,11H,2-3,8-9H2. The van der Waals surface area contributed by atoms with Crippen LogP contribution in [0.3, 0.4) is 0 Å². The molecular weight excluding hydrogens is 200 g/mol. The molecule has 2 heterocycles. The molecule has 16 heavy (non-hydrogen) atoms. The highest BCUT2D eigenvalue weighted by molar-refractivity contribution is 5.44. The fourth-order valence-electron chi connectivity index (χ4n) is 2.73. The SMILES string of the molecule is c1cn2ccc(OC3CC4(CC4)C3)cc2n1. The molecule has 0 N–H and O–H groups in total. The molecule has 2 aliphatic rings. The fraction of sp³-hybridized carbons (Fsp3) is 0.462. The molecule has 2 aromatic heterocycles. The molecule has 3 nitrogen and oxygen atoms in total. The lowest BCUT2D eigenvalue weighted by molar-refractivity contribution is 0.0505. The van der Waals surface area contributed by atoms with E-state index < -0.39 is 0 Å². The number of fused-ring (bicyclic) bond motifs is 1. The third-order valence-electron chi connectivity index (χ3n) is 3.95. The van der Waals surface area contributed by atoms with Gasteiger partial charge in [0.15, 0.2) is 0 Å². The van der Waals surface area contributed by atoms with Gasteiger partial charge in [-0.1, -0.05) is 0 Å².